The van der Waals surface area contributed by atoms with E-state index in [9.17, 15) is 0 Å². The molecule has 0 saturated heterocycles. The van der Waals surface area contributed by atoms with Gasteiger partial charge < -0.3 is 9.64 Å². The van der Waals surface area contributed by atoms with Gasteiger partial charge in [-0.15, -0.1) is 0 Å². The van der Waals surface area contributed by atoms with Gasteiger partial charge in [0.2, 0.25) is 0 Å². The van der Waals surface area contributed by atoms with E-state index in [2.05, 4.69) is 46.3 Å². The summed E-state index contributed by atoms with van der Waals surface area (Å²) in [5, 5.41) is 7.65. The van der Waals surface area contributed by atoms with Crippen molar-refractivity contribution in [1.29, 1.82) is 0 Å². The molecule has 0 aliphatic carbocycles. The first-order chi connectivity index (χ1) is 12.3. The molecule has 3 aromatic rings. The molecule has 0 radical (unpaired) electrons. The predicted molar refractivity (Wildman–Crippen MR) is 101 cm³/mol. The number of nitrogens with zero attached hydrogens (tertiary/aromatic N) is 2. The zero-order valence-corrected chi connectivity index (χ0v) is 14.5. The fourth-order valence-electron chi connectivity index (χ4n) is 3.23. The van der Waals surface area contributed by atoms with Crippen molar-refractivity contribution in [3.63, 3.8) is 0 Å². The first kappa shape index (κ1) is 15.5. The predicted octanol–water partition coefficient (Wildman–Crippen LogP) is 4.72. The normalized spacial score (nSPS) is 13.6. The van der Waals surface area contributed by atoms with E-state index in [0.717, 1.165) is 52.7 Å². The molecule has 0 spiro atoms. The molecule has 0 saturated carbocycles. The molecule has 0 atom stereocenters. The maximum Gasteiger partial charge on any atom is 0.198 e. The number of aryl methyl sites for hydroxylation is 1. The third-order valence-electron chi connectivity index (χ3n) is 4.43. The summed E-state index contributed by atoms with van der Waals surface area (Å²) >= 11 is 0. The summed E-state index contributed by atoms with van der Waals surface area (Å²) in [6.45, 7) is 2.16. The van der Waals surface area contributed by atoms with Crippen molar-refractivity contribution in [2.24, 2.45) is 0 Å². The number of H-pyrrole nitrogens is 1. The highest BCUT2D eigenvalue weighted by Gasteiger charge is 2.30. The highest BCUT2D eigenvalue weighted by Crippen LogP contribution is 2.44. The van der Waals surface area contributed by atoms with Gasteiger partial charge in [-0.05, 0) is 6.42 Å². The van der Waals surface area contributed by atoms with Gasteiger partial charge in [0.1, 0.15) is 0 Å². The van der Waals surface area contributed by atoms with Crippen molar-refractivity contribution in [2.75, 3.05) is 11.9 Å². The van der Waals surface area contributed by atoms with Gasteiger partial charge in [-0.3, -0.25) is 5.10 Å². The van der Waals surface area contributed by atoms with Crippen molar-refractivity contribution >= 4 is 17.3 Å². The molecule has 4 nitrogen and oxygen atoms in total. The summed E-state index contributed by atoms with van der Waals surface area (Å²) in [6, 6.07) is 20.6. The molecule has 2 aromatic carbocycles. The Kier molecular flexibility index (Phi) is 4.02. The van der Waals surface area contributed by atoms with Crippen molar-refractivity contribution in [2.45, 2.75) is 19.8 Å². The first-order valence-corrected chi connectivity index (χ1v) is 8.63. The van der Waals surface area contributed by atoms with Crippen LogP contribution in [0.15, 0.2) is 60.7 Å². The molecule has 1 aliphatic heterocycles. The van der Waals surface area contributed by atoms with Gasteiger partial charge in [0.25, 0.3) is 0 Å². The Labute approximate surface area is 147 Å². The number of hydrogen-bond acceptors (Lipinski definition) is 3. The minimum atomic E-state index is 0.835. The average molecular weight is 331 g/mol. The third-order valence-corrected chi connectivity index (χ3v) is 4.43. The monoisotopic (exact) mass is 331 g/mol. The van der Waals surface area contributed by atoms with Crippen LogP contribution >= 0.6 is 0 Å². The Morgan fingerprint density at radius 2 is 1.60 bits per heavy atom. The minimum Gasteiger partial charge on any atom is -0.449 e. The molecule has 126 valence electrons. The van der Waals surface area contributed by atoms with Crippen molar-refractivity contribution in [3.05, 3.63) is 77.5 Å². The summed E-state index contributed by atoms with van der Waals surface area (Å²) in [5.41, 5.74) is 4.23. The fourth-order valence-corrected chi connectivity index (χ4v) is 3.23. The molecule has 0 unspecified atom stereocenters. The molecular weight excluding hydrogens is 310 g/mol. The zero-order chi connectivity index (χ0) is 17.2. The van der Waals surface area contributed by atoms with Crippen LogP contribution in [0.1, 0.15) is 30.2 Å². The van der Waals surface area contributed by atoms with E-state index >= 15 is 0 Å². The third kappa shape index (κ3) is 2.70. The van der Waals surface area contributed by atoms with Gasteiger partial charge in [-0.25, -0.2) is 0 Å². The molecule has 1 N–H and O–H groups in total. The molecule has 2 heterocycles. The van der Waals surface area contributed by atoms with Crippen LogP contribution in [0.2, 0.25) is 0 Å². The van der Waals surface area contributed by atoms with Gasteiger partial charge in [0.05, 0.1) is 11.4 Å². The largest absolute Gasteiger partial charge is 0.449 e. The van der Waals surface area contributed by atoms with Crippen molar-refractivity contribution in [3.8, 4) is 5.75 Å². The summed E-state index contributed by atoms with van der Waals surface area (Å²) in [4.78, 5) is 2.12. The van der Waals surface area contributed by atoms with Crippen molar-refractivity contribution in [1.82, 2.24) is 10.2 Å². The van der Waals surface area contributed by atoms with E-state index in [1.165, 1.54) is 0 Å². The van der Waals surface area contributed by atoms with Gasteiger partial charge in [0, 0.05) is 18.2 Å². The molecule has 0 amide bonds. The van der Waals surface area contributed by atoms with Crippen LogP contribution in [0.4, 0.5) is 5.82 Å². The van der Waals surface area contributed by atoms with Crippen molar-refractivity contribution < 1.29 is 4.74 Å². The average Bonchev–Trinajstić information content (AvgIpc) is 3.07. The van der Waals surface area contributed by atoms with Crippen LogP contribution in [-0.4, -0.2) is 17.2 Å². The van der Waals surface area contributed by atoms with Crippen LogP contribution in [0.25, 0.3) is 11.5 Å². The molecule has 4 rings (SSSR count). The Balaban J connectivity index is 1.90. The lowest BCUT2D eigenvalue weighted by Crippen LogP contribution is -2.23. The number of aromatic nitrogens is 2. The molecule has 0 bridgehead atoms. The first-order valence-electron chi connectivity index (χ1n) is 8.63. The second kappa shape index (κ2) is 6.48. The number of hydrogen-bond donors (Lipinski definition) is 1. The highest BCUT2D eigenvalue weighted by molar-refractivity contribution is 5.98. The van der Waals surface area contributed by atoms with Crippen LogP contribution in [-0.2, 0) is 6.42 Å². The number of fused-ring (bicyclic) bond motifs is 1. The molecule has 4 heteroatoms. The van der Waals surface area contributed by atoms with Crippen LogP contribution in [0, 0.1) is 0 Å². The van der Waals surface area contributed by atoms with E-state index in [-0.39, 0.29) is 0 Å². The van der Waals surface area contributed by atoms with Gasteiger partial charge >= 0.3 is 0 Å². The maximum atomic E-state index is 6.42. The van der Waals surface area contributed by atoms with Crippen LogP contribution < -0.4 is 9.64 Å². The topological polar surface area (TPSA) is 41.1 Å². The number of anilines is 1. The zero-order valence-electron chi connectivity index (χ0n) is 14.5. The van der Waals surface area contributed by atoms with E-state index < -0.39 is 0 Å². The second-order valence-corrected chi connectivity index (χ2v) is 6.18. The Morgan fingerprint density at radius 3 is 2.24 bits per heavy atom. The van der Waals surface area contributed by atoms with Gasteiger partial charge in [0.15, 0.2) is 17.3 Å². The van der Waals surface area contributed by atoms with E-state index in [1.54, 1.807) is 0 Å². The molecule has 1 aromatic heterocycles. The van der Waals surface area contributed by atoms with E-state index in [0.29, 0.717) is 0 Å². The summed E-state index contributed by atoms with van der Waals surface area (Å²) < 4.78 is 6.42. The van der Waals surface area contributed by atoms with Gasteiger partial charge in [-0.1, -0.05) is 74.0 Å². The second-order valence-electron chi connectivity index (χ2n) is 6.18. The van der Waals surface area contributed by atoms with Crippen LogP contribution in [0.5, 0.6) is 5.75 Å². The SMILES string of the molecule is CCCc1[nH]nc2c1OC(c1ccccc1)=C(c1ccccc1)N2C. The lowest BCUT2D eigenvalue weighted by atomic mass is 10.0. The lowest BCUT2D eigenvalue weighted by Gasteiger charge is -2.30. The summed E-state index contributed by atoms with van der Waals surface area (Å²) in [5.74, 6) is 2.53. The Morgan fingerprint density at radius 1 is 0.960 bits per heavy atom. The molecule has 1 aliphatic rings. The van der Waals surface area contributed by atoms with E-state index in [1.807, 2.05) is 43.4 Å². The highest BCUT2D eigenvalue weighted by atomic mass is 16.5. The lowest BCUT2D eigenvalue weighted by molar-refractivity contribution is 0.501. The fraction of sp³-hybridized carbons (Fsp3) is 0.190. The van der Waals surface area contributed by atoms with E-state index in [4.69, 9.17) is 4.74 Å². The maximum absolute atomic E-state index is 6.42. The smallest absolute Gasteiger partial charge is 0.198 e. The number of rotatable bonds is 4. The number of nitrogens with one attached hydrogen (secondary N) is 1. The summed E-state index contributed by atoms with van der Waals surface area (Å²) in [6.07, 6.45) is 1.95. The minimum absolute atomic E-state index is 0.835. The van der Waals surface area contributed by atoms with Gasteiger partial charge in [-0.2, -0.15) is 5.10 Å². The Hall–Kier alpha value is -3.01. The quantitative estimate of drug-likeness (QED) is 0.752. The number of ether oxygens (including phenoxy) is 1. The Bertz CT molecular complexity index is 897. The van der Waals surface area contributed by atoms with Crippen LogP contribution in [0.3, 0.4) is 0 Å². The number of benzene rings is 2. The summed E-state index contributed by atoms with van der Waals surface area (Å²) in [7, 11) is 2.04. The molecule has 0 fully saturated rings. The standard InChI is InChI=1S/C21H21N3O/c1-3-10-17-20-21(23-22-17)24(2)18(15-11-6-4-7-12-15)19(25-20)16-13-8-5-9-14-16/h4-9,11-14H,3,10H2,1-2H3,(H,22,23). The molecular formula is C21H21N3O. The molecule has 25 heavy (non-hydrogen) atoms. The number of aromatic amines is 1.